The Morgan fingerprint density at radius 1 is 0.321 bits per heavy atom. The van der Waals surface area contributed by atoms with Crippen LogP contribution in [0.5, 0.6) is 0 Å². The van der Waals surface area contributed by atoms with Crippen LogP contribution in [0.2, 0.25) is 0 Å². The summed E-state index contributed by atoms with van der Waals surface area (Å²) in [5.41, 5.74) is 4.27. The first-order chi connectivity index (χ1) is 34.4. The summed E-state index contributed by atoms with van der Waals surface area (Å²) >= 11 is 0. The topological polar surface area (TPSA) is 48.5 Å². The van der Waals surface area contributed by atoms with E-state index in [1.54, 1.807) is 18.2 Å². The first-order valence-corrected chi connectivity index (χ1v) is 17.6. The maximum Gasteiger partial charge on any atom is 0.240 e. The normalized spacial score (nSPS) is 15.6. The SMILES string of the molecule is [2H]c1c([2H])c([2H])c2c(c1[2H])c1c([2H])c([2H])c([2H])c([2H])c1n2-c1nc(-c2cccc(-c3cc(-c4ccccc4)cc(-c4ccccc4)c3)c2)nc(-n2c3c([2H])c([2H])c([2H])c([2H])c3c3c([2H])c([2H])c([2H])c([2H])c32)n1. The quantitative estimate of drug-likeness (QED) is 0.171. The molecule has 0 amide bonds. The molecule has 0 saturated heterocycles. The van der Waals surface area contributed by atoms with Crippen LogP contribution in [0.3, 0.4) is 0 Å². The van der Waals surface area contributed by atoms with E-state index in [9.17, 15) is 5.48 Å². The molecule has 3 heterocycles. The summed E-state index contributed by atoms with van der Waals surface area (Å²) < 4.78 is 145. The van der Waals surface area contributed by atoms with Gasteiger partial charge < -0.3 is 0 Å². The van der Waals surface area contributed by atoms with Crippen LogP contribution in [0, 0.1) is 0 Å². The lowest BCUT2D eigenvalue weighted by Gasteiger charge is -2.14. The van der Waals surface area contributed by atoms with Gasteiger partial charge in [-0.05, 0) is 81.8 Å². The first kappa shape index (κ1) is 19.6. The van der Waals surface area contributed by atoms with Crippen LogP contribution < -0.4 is 0 Å². The van der Waals surface area contributed by atoms with Crippen LogP contribution in [0.1, 0.15) is 21.9 Å². The summed E-state index contributed by atoms with van der Waals surface area (Å²) in [5.74, 6) is -1.08. The predicted molar refractivity (Wildman–Crippen MR) is 230 cm³/mol. The van der Waals surface area contributed by atoms with Gasteiger partial charge in [-0.25, -0.2) is 0 Å². The summed E-state index contributed by atoms with van der Waals surface area (Å²) in [5, 5.41) is -1.05. The van der Waals surface area contributed by atoms with E-state index in [0.29, 0.717) is 11.1 Å². The lowest BCUT2D eigenvalue weighted by atomic mass is 9.93. The van der Waals surface area contributed by atoms with Gasteiger partial charge in [0.1, 0.15) is 0 Å². The smallest absolute Gasteiger partial charge is 0.240 e. The largest absolute Gasteiger partial charge is 0.278 e. The lowest BCUT2D eigenvalue weighted by molar-refractivity contribution is 0.893. The van der Waals surface area contributed by atoms with Crippen molar-refractivity contribution in [2.75, 3.05) is 0 Å². The van der Waals surface area contributed by atoms with E-state index < -0.39 is 109 Å². The molecule has 8 aromatic carbocycles. The molecule has 11 rings (SSSR count). The van der Waals surface area contributed by atoms with Gasteiger partial charge in [-0.15, -0.1) is 0 Å². The van der Waals surface area contributed by atoms with Crippen molar-refractivity contribution in [2.24, 2.45) is 0 Å². The maximum absolute atomic E-state index is 9.22. The zero-order valence-electron chi connectivity index (χ0n) is 45.1. The van der Waals surface area contributed by atoms with Crippen LogP contribution in [0.25, 0.3) is 100 Å². The van der Waals surface area contributed by atoms with Gasteiger partial charge in [0.25, 0.3) is 0 Å². The fourth-order valence-corrected chi connectivity index (χ4v) is 7.15. The number of hydrogen-bond donors (Lipinski definition) is 0. The molecule has 56 heavy (non-hydrogen) atoms. The van der Waals surface area contributed by atoms with Gasteiger partial charge in [0.2, 0.25) is 11.9 Å². The van der Waals surface area contributed by atoms with Crippen molar-refractivity contribution in [1.82, 2.24) is 24.1 Å². The summed E-state index contributed by atoms with van der Waals surface area (Å²) in [6.45, 7) is 0. The molecule has 3 aromatic heterocycles. The van der Waals surface area contributed by atoms with E-state index in [1.807, 2.05) is 78.9 Å². The molecule has 5 heteroatoms. The van der Waals surface area contributed by atoms with Crippen LogP contribution in [-0.4, -0.2) is 24.1 Å². The highest BCUT2D eigenvalue weighted by atomic mass is 15.3. The number of hydrogen-bond acceptors (Lipinski definition) is 3. The highest BCUT2D eigenvalue weighted by Crippen LogP contribution is 2.37. The monoisotopic (exact) mass is 731 g/mol. The molecule has 0 fully saturated rings. The van der Waals surface area contributed by atoms with Crippen LogP contribution in [0.15, 0.2) is 200 Å². The zero-order valence-corrected chi connectivity index (χ0v) is 29.1. The Morgan fingerprint density at radius 2 is 0.661 bits per heavy atom. The first-order valence-electron chi connectivity index (χ1n) is 25.6. The van der Waals surface area contributed by atoms with Gasteiger partial charge in [0.15, 0.2) is 5.82 Å². The second-order valence-electron chi connectivity index (χ2n) is 12.9. The predicted octanol–water partition coefficient (Wildman–Crippen LogP) is 12.7. The minimum absolute atomic E-state index is 0.146. The van der Waals surface area contributed by atoms with E-state index >= 15 is 0 Å². The third kappa shape index (κ3) is 5.29. The molecule has 0 aliphatic rings. The number of aromatic nitrogens is 5. The van der Waals surface area contributed by atoms with Crippen LogP contribution >= 0.6 is 0 Å². The van der Waals surface area contributed by atoms with Crippen molar-refractivity contribution in [1.29, 1.82) is 0 Å². The van der Waals surface area contributed by atoms with Gasteiger partial charge in [0.05, 0.1) is 44.0 Å². The van der Waals surface area contributed by atoms with Crippen molar-refractivity contribution in [3.8, 4) is 56.7 Å². The molecule has 5 nitrogen and oxygen atoms in total. The average molecular weight is 732 g/mol. The van der Waals surface area contributed by atoms with E-state index in [0.717, 1.165) is 37.0 Å². The molecule has 0 spiro atoms. The number of rotatable bonds is 6. The van der Waals surface area contributed by atoms with Gasteiger partial charge in [-0.3, -0.25) is 9.13 Å². The number of nitrogens with zero attached hydrogens (tertiary/aromatic N) is 5. The number of para-hydroxylation sites is 4. The molecule has 0 aliphatic heterocycles. The minimum Gasteiger partial charge on any atom is -0.278 e. The van der Waals surface area contributed by atoms with E-state index in [-0.39, 0.29) is 49.4 Å². The Hall–Kier alpha value is -7.63. The second-order valence-corrected chi connectivity index (χ2v) is 12.9. The van der Waals surface area contributed by atoms with Crippen molar-refractivity contribution in [3.63, 3.8) is 0 Å². The molecule has 0 atom stereocenters. The lowest BCUT2D eigenvalue weighted by Crippen LogP contribution is -2.10. The van der Waals surface area contributed by atoms with Crippen molar-refractivity contribution in [2.45, 2.75) is 0 Å². The summed E-state index contributed by atoms with van der Waals surface area (Å²) in [6, 6.07) is 22.4. The Kier molecular flexibility index (Phi) is 4.57. The van der Waals surface area contributed by atoms with E-state index in [2.05, 4.69) is 6.07 Å². The number of fused-ring (bicyclic) bond motifs is 6. The highest BCUT2D eigenvalue weighted by Gasteiger charge is 2.20. The maximum atomic E-state index is 9.22. The van der Waals surface area contributed by atoms with Gasteiger partial charge >= 0.3 is 0 Å². The summed E-state index contributed by atoms with van der Waals surface area (Å²) in [6.07, 6.45) is 0. The van der Waals surface area contributed by atoms with Crippen molar-refractivity contribution in [3.05, 3.63) is 200 Å². The Balaban J connectivity index is 1.29. The summed E-state index contributed by atoms with van der Waals surface area (Å²) in [4.78, 5) is 14.6. The highest BCUT2D eigenvalue weighted by molar-refractivity contribution is 6.10. The third-order valence-corrected chi connectivity index (χ3v) is 9.68. The second kappa shape index (κ2) is 13.0. The molecule has 0 bridgehead atoms. The van der Waals surface area contributed by atoms with E-state index in [4.69, 9.17) is 31.4 Å². The Labute approximate surface area is 345 Å². The molecule has 0 saturated carbocycles. The fourth-order valence-electron chi connectivity index (χ4n) is 7.15. The molecule has 0 unspecified atom stereocenters. The van der Waals surface area contributed by atoms with Gasteiger partial charge in [-0.2, -0.15) is 15.0 Å². The average Bonchev–Trinajstić information content (AvgIpc) is 3.97. The molecular formula is C51H33N5. The zero-order chi connectivity index (χ0) is 50.9. The molecule has 0 aliphatic carbocycles. The number of benzene rings is 8. The summed E-state index contributed by atoms with van der Waals surface area (Å²) in [7, 11) is 0. The van der Waals surface area contributed by atoms with E-state index in [1.165, 1.54) is 0 Å². The van der Waals surface area contributed by atoms with Crippen LogP contribution in [0.4, 0.5) is 0 Å². The van der Waals surface area contributed by atoms with Crippen molar-refractivity contribution < 1.29 is 21.9 Å². The minimum atomic E-state index is -0.698. The van der Waals surface area contributed by atoms with Crippen molar-refractivity contribution >= 4 is 43.6 Å². The molecular weight excluding hydrogens is 683 g/mol. The standard InChI is InChI=1S/C51H33N5/c1-3-16-34(17-4-1)38-31-39(35-18-5-2-6-19-35)33-40(32-38)36-20-15-21-37(30-36)49-52-50(55-45-26-11-7-22-41(45)42-23-8-12-27-46(42)55)54-51(53-49)56-47-28-13-9-24-43(47)44-25-10-14-29-48(44)56/h1-33H/i7D,8D,9D,10D,11D,12D,13D,14D,22D,23D,24D,25D,26D,27D,28D,29D. The Bertz CT molecular complexity index is 3780. The molecule has 262 valence electrons. The molecule has 0 N–H and O–H groups in total. The molecule has 11 aromatic rings. The fraction of sp³-hybridized carbons (Fsp3) is 0. The van der Waals surface area contributed by atoms with Crippen LogP contribution in [-0.2, 0) is 0 Å². The Morgan fingerprint density at radius 3 is 1.09 bits per heavy atom. The van der Waals surface area contributed by atoms with Gasteiger partial charge in [0, 0.05) is 27.1 Å². The molecule has 0 radical (unpaired) electrons. The third-order valence-electron chi connectivity index (χ3n) is 9.68. The van der Waals surface area contributed by atoms with Gasteiger partial charge in [-0.1, -0.05) is 151 Å².